The number of pyridine rings is 1. The van der Waals surface area contributed by atoms with Crippen LogP contribution in [-0.4, -0.2) is 39.5 Å². The molecule has 0 radical (unpaired) electrons. The van der Waals surface area contributed by atoms with Crippen LogP contribution in [0, 0.1) is 6.92 Å². The molecule has 0 unspecified atom stereocenters. The van der Waals surface area contributed by atoms with Crippen molar-refractivity contribution in [2.75, 3.05) is 11.9 Å². The number of carboxylic acid groups (broad SMARTS) is 1. The SMILES string of the molecule is CCOc1cccc(Cl)c1Cn1cc(C)c(O)c(NC(=O)N[C@@H](CC(=O)O)c2cccc(OC(C)C)c2)c1=O. The molecule has 2 amide bonds. The zero-order chi connectivity index (χ0) is 28.7. The van der Waals surface area contributed by atoms with Crippen LogP contribution in [-0.2, 0) is 11.3 Å². The molecular formula is C28H32ClN3O7. The van der Waals surface area contributed by atoms with Crippen LogP contribution in [0.1, 0.15) is 49.9 Å². The second-order valence-corrected chi connectivity index (χ2v) is 9.51. The van der Waals surface area contributed by atoms with Gasteiger partial charge in [-0.05, 0) is 57.5 Å². The third-order valence-corrected chi connectivity index (χ3v) is 6.05. The molecule has 0 aliphatic rings. The summed E-state index contributed by atoms with van der Waals surface area (Å²) in [7, 11) is 0. The Morgan fingerprint density at radius 1 is 1.15 bits per heavy atom. The van der Waals surface area contributed by atoms with Crippen LogP contribution in [0.15, 0.2) is 53.5 Å². The number of hydrogen-bond acceptors (Lipinski definition) is 6. The largest absolute Gasteiger partial charge is 0.505 e. The molecule has 3 aromatic rings. The number of ether oxygens (including phenoxy) is 2. The number of aliphatic carboxylic acids is 1. The number of anilines is 1. The summed E-state index contributed by atoms with van der Waals surface area (Å²) in [5, 5.41) is 25.4. The van der Waals surface area contributed by atoms with Gasteiger partial charge < -0.3 is 34.9 Å². The van der Waals surface area contributed by atoms with Crippen molar-refractivity contribution in [3.05, 3.63) is 80.7 Å². The van der Waals surface area contributed by atoms with E-state index in [1.165, 1.54) is 10.8 Å². The van der Waals surface area contributed by atoms with Gasteiger partial charge in [0.1, 0.15) is 17.2 Å². The monoisotopic (exact) mass is 557 g/mol. The lowest BCUT2D eigenvalue weighted by molar-refractivity contribution is -0.137. The number of halogens is 1. The average Bonchev–Trinajstić information content (AvgIpc) is 2.86. The molecule has 3 rings (SSSR count). The summed E-state index contributed by atoms with van der Waals surface area (Å²) in [5.74, 6) is -0.515. The Morgan fingerprint density at radius 2 is 1.87 bits per heavy atom. The van der Waals surface area contributed by atoms with Gasteiger partial charge in [0.25, 0.3) is 5.56 Å². The molecule has 11 heteroatoms. The zero-order valence-electron chi connectivity index (χ0n) is 22.2. The fourth-order valence-corrected chi connectivity index (χ4v) is 4.22. The maximum Gasteiger partial charge on any atom is 0.319 e. The van der Waals surface area contributed by atoms with E-state index in [0.717, 1.165) is 0 Å². The van der Waals surface area contributed by atoms with Gasteiger partial charge in [-0.2, -0.15) is 0 Å². The fraction of sp³-hybridized carbons (Fsp3) is 0.321. The van der Waals surface area contributed by atoms with E-state index in [2.05, 4.69) is 10.6 Å². The van der Waals surface area contributed by atoms with Crippen molar-refractivity contribution in [2.45, 2.75) is 52.8 Å². The first-order chi connectivity index (χ1) is 18.5. The molecule has 39 heavy (non-hydrogen) atoms. The number of carbonyl (C=O) groups excluding carboxylic acids is 1. The molecule has 4 N–H and O–H groups in total. The van der Waals surface area contributed by atoms with E-state index in [-0.39, 0.29) is 18.3 Å². The van der Waals surface area contributed by atoms with Crippen molar-refractivity contribution < 1.29 is 29.3 Å². The first-order valence-electron chi connectivity index (χ1n) is 12.4. The lowest BCUT2D eigenvalue weighted by Crippen LogP contribution is -2.36. The van der Waals surface area contributed by atoms with Crippen LogP contribution in [0.2, 0.25) is 5.02 Å². The maximum atomic E-state index is 13.3. The van der Waals surface area contributed by atoms with E-state index in [4.69, 9.17) is 21.1 Å². The lowest BCUT2D eigenvalue weighted by atomic mass is 10.0. The molecule has 1 atom stereocenters. The molecule has 0 aliphatic heterocycles. The summed E-state index contributed by atoms with van der Waals surface area (Å²) in [6, 6.07) is 10.1. The summed E-state index contributed by atoms with van der Waals surface area (Å²) >= 11 is 6.38. The molecule has 0 aliphatic carbocycles. The maximum absolute atomic E-state index is 13.3. The van der Waals surface area contributed by atoms with Gasteiger partial charge in [0.15, 0.2) is 5.69 Å². The number of urea groups is 1. The Balaban J connectivity index is 1.90. The predicted octanol–water partition coefficient (Wildman–Crippen LogP) is 5.09. The van der Waals surface area contributed by atoms with E-state index in [1.807, 2.05) is 20.8 Å². The Kier molecular flexibility index (Phi) is 9.84. The summed E-state index contributed by atoms with van der Waals surface area (Å²) in [6.07, 6.45) is 0.930. The first kappa shape index (κ1) is 29.4. The number of nitrogens with one attached hydrogen (secondary N) is 2. The quantitative estimate of drug-likeness (QED) is 0.257. The smallest absolute Gasteiger partial charge is 0.319 e. The van der Waals surface area contributed by atoms with Crippen molar-refractivity contribution in [3.63, 3.8) is 0 Å². The number of carboxylic acids is 1. The fourth-order valence-electron chi connectivity index (χ4n) is 3.99. The van der Waals surface area contributed by atoms with E-state index in [1.54, 1.807) is 49.4 Å². The van der Waals surface area contributed by atoms with Crippen LogP contribution in [0.3, 0.4) is 0 Å². The summed E-state index contributed by atoms with van der Waals surface area (Å²) < 4.78 is 12.6. The Bertz CT molecular complexity index is 1400. The second-order valence-electron chi connectivity index (χ2n) is 9.11. The average molecular weight is 558 g/mol. The van der Waals surface area contributed by atoms with Crippen LogP contribution in [0.25, 0.3) is 0 Å². The number of aryl methyl sites for hydroxylation is 1. The summed E-state index contributed by atoms with van der Waals surface area (Å²) in [5.41, 5.74) is 0.351. The van der Waals surface area contributed by atoms with Crippen LogP contribution >= 0.6 is 11.6 Å². The topological polar surface area (TPSA) is 139 Å². The highest BCUT2D eigenvalue weighted by Crippen LogP contribution is 2.29. The van der Waals surface area contributed by atoms with E-state index in [9.17, 15) is 24.6 Å². The second kappa shape index (κ2) is 13.1. The Morgan fingerprint density at radius 3 is 2.54 bits per heavy atom. The lowest BCUT2D eigenvalue weighted by Gasteiger charge is -2.20. The van der Waals surface area contributed by atoms with Crippen molar-refractivity contribution in [2.24, 2.45) is 0 Å². The van der Waals surface area contributed by atoms with Gasteiger partial charge in [-0.1, -0.05) is 29.8 Å². The van der Waals surface area contributed by atoms with Crippen LogP contribution in [0.5, 0.6) is 17.2 Å². The summed E-state index contributed by atoms with van der Waals surface area (Å²) in [4.78, 5) is 37.8. The molecule has 0 spiro atoms. The van der Waals surface area contributed by atoms with Crippen molar-refractivity contribution in [1.82, 2.24) is 9.88 Å². The van der Waals surface area contributed by atoms with Crippen molar-refractivity contribution in [1.29, 1.82) is 0 Å². The van der Waals surface area contributed by atoms with Crippen LogP contribution < -0.4 is 25.7 Å². The van der Waals surface area contributed by atoms with Crippen molar-refractivity contribution in [3.8, 4) is 17.2 Å². The van der Waals surface area contributed by atoms with Crippen molar-refractivity contribution >= 4 is 29.3 Å². The highest BCUT2D eigenvalue weighted by Gasteiger charge is 2.22. The summed E-state index contributed by atoms with van der Waals surface area (Å²) in [6.45, 7) is 7.55. The molecule has 2 aromatic carbocycles. The van der Waals surface area contributed by atoms with Gasteiger partial charge in [-0.15, -0.1) is 0 Å². The van der Waals surface area contributed by atoms with Gasteiger partial charge in [0, 0.05) is 22.3 Å². The molecule has 0 bridgehead atoms. The van der Waals surface area contributed by atoms with Crippen LogP contribution in [0.4, 0.5) is 10.5 Å². The minimum atomic E-state index is -1.14. The molecule has 1 aromatic heterocycles. The van der Waals surface area contributed by atoms with E-state index >= 15 is 0 Å². The van der Waals surface area contributed by atoms with Gasteiger partial charge >= 0.3 is 12.0 Å². The van der Waals surface area contributed by atoms with E-state index in [0.29, 0.717) is 39.8 Å². The number of hydrogen-bond donors (Lipinski definition) is 4. The number of rotatable bonds is 11. The molecule has 0 saturated carbocycles. The number of aromatic hydroxyl groups is 1. The number of aromatic nitrogens is 1. The number of carbonyl (C=O) groups is 2. The number of nitrogens with zero attached hydrogens (tertiary/aromatic N) is 1. The highest BCUT2D eigenvalue weighted by molar-refractivity contribution is 6.31. The van der Waals surface area contributed by atoms with Gasteiger partial charge in [-0.25, -0.2) is 4.79 Å². The number of amides is 2. The Labute approximate surface area is 231 Å². The first-order valence-corrected chi connectivity index (χ1v) is 12.8. The minimum absolute atomic E-state index is 0.0234. The van der Waals surface area contributed by atoms with Gasteiger partial charge in [0.2, 0.25) is 0 Å². The van der Waals surface area contributed by atoms with Gasteiger partial charge in [-0.3, -0.25) is 9.59 Å². The number of benzene rings is 2. The minimum Gasteiger partial charge on any atom is -0.505 e. The zero-order valence-corrected chi connectivity index (χ0v) is 22.9. The molecule has 0 fully saturated rings. The predicted molar refractivity (Wildman–Crippen MR) is 148 cm³/mol. The van der Waals surface area contributed by atoms with E-state index < -0.39 is 35.8 Å². The molecule has 0 saturated heterocycles. The standard InChI is InChI=1S/C28H32ClN3O7/c1-5-38-23-11-7-10-21(29)20(23)15-32-14-17(4)26(35)25(27(32)36)31-28(37)30-22(13-24(33)34)18-8-6-9-19(12-18)39-16(2)3/h6-12,14,16,22,35H,5,13,15H2,1-4H3,(H,33,34)(H2,30,31,37)/t22-/m0/s1. The molecule has 208 valence electrons. The Hall–Kier alpha value is -4.18. The molecular weight excluding hydrogens is 526 g/mol. The third-order valence-electron chi connectivity index (χ3n) is 5.69. The normalized spacial score (nSPS) is 11.6. The van der Waals surface area contributed by atoms with Gasteiger partial charge in [0.05, 0.1) is 31.7 Å². The molecule has 1 heterocycles. The molecule has 10 nitrogen and oxygen atoms in total. The highest BCUT2D eigenvalue weighted by atomic mass is 35.5. The third kappa shape index (κ3) is 7.67.